The number of piperidine rings is 1. The average Bonchev–Trinajstić information content (AvgIpc) is 2.76. The molecule has 8 heteroatoms. The van der Waals surface area contributed by atoms with Crippen LogP contribution >= 0.6 is 11.3 Å². The SMILES string of the molecule is CCNCC1CCN(S(=O)(=O)c2sc(=O)[nH]c2C)CC1. The van der Waals surface area contributed by atoms with Gasteiger partial charge < -0.3 is 10.3 Å². The first-order valence-corrected chi connectivity index (χ1v) is 9.11. The van der Waals surface area contributed by atoms with Gasteiger partial charge in [-0.05, 0) is 38.8 Å². The largest absolute Gasteiger partial charge is 0.317 e. The van der Waals surface area contributed by atoms with Gasteiger partial charge in [-0.3, -0.25) is 4.79 Å². The Labute approximate surface area is 123 Å². The molecule has 1 fully saturated rings. The van der Waals surface area contributed by atoms with Crippen molar-refractivity contribution in [1.29, 1.82) is 0 Å². The second-order valence-electron chi connectivity index (χ2n) is 5.08. The first-order chi connectivity index (χ1) is 9.45. The minimum atomic E-state index is -3.52. The van der Waals surface area contributed by atoms with Gasteiger partial charge in [-0.25, -0.2) is 8.42 Å². The van der Waals surface area contributed by atoms with E-state index in [4.69, 9.17) is 0 Å². The fourth-order valence-electron chi connectivity index (χ4n) is 2.46. The van der Waals surface area contributed by atoms with Crippen LogP contribution in [0.4, 0.5) is 0 Å². The first kappa shape index (κ1) is 15.7. The number of aryl methyl sites for hydroxylation is 1. The second-order valence-corrected chi connectivity index (χ2v) is 8.20. The highest BCUT2D eigenvalue weighted by Gasteiger charge is 2.31. The molecule has 2 N–H and O–H groups in total. The van der Waals surface area contributed by atoms with Crippen molar-refractivity contribution in [1.82, 2.24) is 14.6 Å². The number of sulfonamides is 1. The van der Waals surface area contributed by atoms with Gasteiger partial charge in [-0.2, -0.15) is 4.31 Å². The molecule has 20 heavy (non-hydrogen) atoms. The van der Waals surface area contributed by atoms with Gasteiger partial charge in [0.25, 0.3) is 10.0 Å². The van der Waals surface area contributed by atoms with Crippen molar-refractivity contribution in [2.24, 2.45) is 5.92 Å². The number of aromatic nitrogens is 1. The Kier molecular flexibility index (Phi) is 5.00. The third-order valence-corrected chi connectivity index (χ3v) is 7.09. The van der Waals surface area contributed by atoms with E-state index in [1.165, 1.54) is 4.31 Å². The van der Waals surface area contributed by atoms with Gasteiger partial charge in [0.1, 0.15) is 0 Å². The van der Waals surface area contributed by atoms with E-state index in [0.717, 1.165) is 37.3 Å². The molecule has 1 aliphatic rings. The predicted octanol–water partition coefficient (Wildman–Crippen LogP) is 0.755. The minimum absolute atomic E-state index is 0.160. The summed E-state index contributed by atoms with van der Waals surface area (Å²) in [4.78, 5) is 13.5. The van der Waals surface area contributed by atoms with Gasteiger partial charge in [0.05, 0.1) is 0 Å². The van der Waals surface area contributed by atoms with Crippen LogP contribution in [0.15, 0.2) is 9.00 Å². The molecule has 0 unspecified atom stereocenters. The average molecular weight is 319 g/mol. The molecule has 0 amide bonds. The number of hydrogen-bond donors (Lipinski definition) is 2. The highest BCUT2D eigenvalue weighted by Crippen LogP contribution is 2.26. The van der Waals surface area contributed by atoms with Crippen LogP contribution in [0, 0.1) is 12.8 Å². The Balaban J connectivity index is 2.06. The van der Waals surface area contributed by atoms with E-state index >= 15 is 0 Å². The number of rotatable bonds is 5. The molecular weight excluding hydrogens is 298 g/mol. The molecule has 0 aliphatic carbocycles. The topological polar surface area (TPSA) is 82.3 Å². The molecule has 0 spiro atoms. The first-order valence-electron chi connectivity index (χ1n) is 6.85. The molecule has 1 aromatic heterocycles. The van der Waals surface area contributed by atoms with Crippen molar-refractivity contribution in [2.45, 2.75) is 30.9 Å². The molecule has 1 saturated heterocycles. The van der Waals surface area contributed by atoms with Crippen molar-refractivity contribution >= 4 is 21.4 Å². The summed E-state index contributed by atoms with van der Waals surface area (Å²) in [6.07, 6.45) is 1.73. The monoisotopic (exact) mass is 319 g/mol. The lowest BCUT2D eigenvalue weighted by molar-refractivity contribution is 0.269. The summed E-state index contributed by atoms with van der Waals surface area (Å²) in [6.45, 7) is 6.64. The maximum absolute atomic E-state index is 12.5. The normalized spacial score (nSPS) is 18.5. The summed E-state index contributed by atoms with van der Waals surface area (Å²) in [5, 5.41) is 3.30. The maximum atomic E-state index is 12.5. The number of thiazole rings is 1. The summed E-state index contributed by atoms with van der Waals surface area (Å²) in [7, 11) is -3.52. The van der Waals surface area contributed by atoms with Crippen molar-refractivity contribution < 1.29 is 8.42 Å². The lowest BCUT2D eigenvalue weighted by atomic mass is 9.98. The standard InChI is InChI=1S/C12H21N3O3S2/c1-3-13-8-10-4-6-15(7-5-10)20(17,18)11-9(2)14-12(16)19-11/h10,13H,3-8H2,1-2H3,(H,14,16). The smallest absolute Gasteiger partial charge is 0.305 e. The van der Waals surface area contributed by atoms with E-state index in [2.05, 4.69) is 17.2 Å². The van der Waals surface area contributed by atoms with E-state index < -0.39 is 10.0 Å². The number of nitrogens with one attached hydrogen (secondary N) is 2. The van der Waals surface area contributed by atoms with Crippen molar-refractivity contribution in [3.63, 3.8) is 0 Å². The predicted molar refractivity (Wildman–Crippen MR) is 79.7 cm³/mol. The van der Waals surface area contributed by atoms with Crippen molar-refractivity contribution in [3.05, 3.63) is 15.4 Å². The summed E-state index contributed by atoms with van der Waals surface area (Å²) in [5.74, 6) is 0.535. The number of aromatic amines is 1. The van der Waals surface area contributed by atoms with Gasteiger partial charge in [-0.15, -0.1) is 0 Å². The van der Waals surface area contributed by atoms with Crippen LogP contribution in [0.2, 0.25) is 0 Å². The van der Waals surface area contributed by atoms with Crippen LogP contribution in [0.3, 0.4) is 0 Å². The fourth-order valence-corrected chi connectivity index (χ4v) is 5.36. The van der Waals surface area contributed by atoms with Gasteiger partial charge in [0.2, 0.25) is 0 Å². The minimum Gasteiger partial charge on any atom is -0.317 e. The molecule has 0 bridgehead atoms. The van der Waals surface area contributed by atoms with Crippen LogP contribution in [0.5, 0.6) is 0 Å². The Hall–Kier alpha value is -0.700. The highest BCUT2D eigenvalue weighted by atomic mass is 32.2. The quantitative estimate of drug-likeness (QED) is 0.839. The summed E-state index contributed by atoms with van der Waals surface area (Å²) in [6, 6.07) is 0. The van der Waals surface area contributed by atoms with E-state index in [-0.39, 0.29) is 9.08 Å². The van der Waals surface area contributed by atoms with Gasteiger partial charge in [0.15, 0.2) is 4.21 Å². The molecule has 0 saturated carbocycles. The molecule has 0 radical (unpaired) electrons. The van der Waals surface area contributed by atoms with E-state index in [1.54, 1.807) is 6.92 Å². The van der Waals surface area contributed by atoms with Crippen molar-refractivity contribution in [3.8, 4) is 0 Å². The lowest BCUT2D eigenvalue weighted by Crippen LogP contribution is -2.40. The van der Waals surface area contributed by atoms with Crippen molar-refractivity contribution in [2.75, 3.05) is 26.2 Å². The molecular formula is C12H21N3O3S2. The third-order valence-electron chi connectivity index (χ3n) is 3.61. The van der Waals surface area contributed by atoms with Crippen LogP contribution in [-0.4, -0.2) is 43.9 Å². The van der Waals surface area contributed by atoms with E-state index in [1.807, 2.05) is 0 Å². The molecule has 1 aromatic rings. The molecule has 2 rings (SSSR count). The van der Waals surface area contributed by atoms with E-state index in [9.17, 15) is 13.2 Å². The van der Waals surface area contributed by atoms with Crippen LogP contribution in [0.1, 0.15) is 25.5 Å². The Morgan fingerprint density at radius 3 is 2.55 bits per heavy atom. The van der Waals surface area contributed by atoms with Crippen LogP contribution in [0.25, 0.3) is 0 Å². The molecule has 6 nitrogen and oxygen atoms in total. The molecule has 2 heterocycles. The fraction of sp³-hybridized carbons (Fsp3) is 0.750. The Morgan fingerprint density at radius 2 is 2.05 bits per heavy atom. The number of H-pyrrole nitrogens is 1. The molecule has 0 aromatic carbocycles. The molecule has 114 valence electrons. The molecule has 1 aliphatic heterocycles. The highest BCUT2D eigenvalue weighted by molar-refractivity contribution is 7.91. The van der Waals surface area contributed by atoms with Crippen LogP contribution in [-0.2, 0) is 10.0 Å². The third kappa shape index (κ3) is 3.30. The zero-order valence-electron chi connectivity index (χ0n) is 11.8. The molecule has 0 atom stereocenters. The zero-order valence-corrected chi connectivity index (χ0v) is 13.4. The lowest BCUT2D eigenvalue weighted by Gasteiger charge is -2.30. The maximum Gasteiger partial charge on any atom is 0.305 e. The van der Waals surface area contributed by atoms with Gasteiger partial charge in [0, 0.05) is 18.8 Å². The number of nitrogens with zero attached hydrogens (tertiary/aromatic N) is 1. The Bertz CT molecular complexity index is 598. The Morgan fingerprint density at radius 1 is 1.40 bits per heavy atom. The summed E-state index contributed by atoms with van der Waals surface area (Å²) in [5.41, 5.74) is 0.440. The second kappa shape index (κ2) is 6.38. The van der Waals surface area contributed by atoms with Crippen LogP contribution < -0.4 is 10.2 Å². The zero-order chi connectivity index (χ0) is 14.8. The van der Waals surface area contributed by atoms with Gasteiger partial charge in [-0.1, -0.05) is 18.3 Å². The van der Waals surface area contributed by atoms with E-state index in [0.29, 0.717) is 24.7 Å². The summed E-state index contributed by atoms with van der Waals surface area (Å²) < 4.78 is 26.7. The number of hydrogen-bond acceptors (Lipinski definition) is 5. The van der Waals surface area contributed by atoms with Gasteiger partial charge >= 0.3 is 4.87 Å². The summed E-state index contributed by atoms with van der Waals surface area (Å²) >= 11 is 0.777.